The molecular formula is C17H20N2O3. The Bertz CT molecular complexity index is 666. The van der Waals surface area contributed by atoms with Crippen LogP contribution in [0.1, 0.15) is 30.1 Å². The Morgan fingerprint density at radius 2 is 2.00 bits per heavy atom. The number of hydrogen-bond donors (Lipinski definition) is 0. The molecule has 0 spiro atoms. The summed E-state index contributed by atoms with van der Waals surface area (Å²) in [6.45, 7) is 6.86. The molecule has 0 unspecified atom stereocenters. The predicted molar refractivity (Wildman–Crippen MR) is 82.6 cm³/mol. The third-order valence-electron chi connectivity index (χ3n) is 3.89. The molecule has 5 nitrogen and oxygen atoms in total. The van der Waals surface area contributed by atoms with E-state index in [1.165, 1.54) is 0 Å². The number of benzene rings is 1. The summed E-state index contributed by atoms with van der Waals surface area (Å²) >= 11 is 0. The highest BCUT2D eigenvalue weighted by atomic mass is 16.5. The maximum Gasteiger partial charge on any atom is 0.276 e. The van der Waals surface area contributed by atoms with Crippen molar-refractivity contribution in [2.24, 2.45) is 0 Å². The van der Waals surface area contributed by atoms with E-state index < -0.39 is 0 Å². The number of aryl methyl sites for hydroxylation is 1. The van der Waals surface area contributed by atoms with Gasteiger partial charge in [-0.1, -0.05) is 18.2 Å². The second-order valence-electron chi connectivity index (χ2n) is 5.74. The van der Waals surface area contributed by atoms with Gasteiger partial charge in [0.1, 0.15) is 5.76 Å². The van der Waals surface area contributed by atoms with Crippen molar-refractivity contribution in [3.63, 3.8) is 0 Å². The van der Waals surface area contributed by atoms with Crippen LogP contribution in [-0.2, 0) is 4.74 Å². The van der Waals surface area contributed by atoms with Gasteiger partial charge in [0.25, 0.3) is 5.91 Å². The van der Waals surface area contributed by atoms with Crippen molar-refractivity contribution in [3.8, 4) is 11.5 Å². The van der Waals surface area contributed by atoms with Crippen molar-refractivity contribution in [1.82, 2.24) is 9.88 Å². The van der Waals surface area contributed by atoms with Gasteiger partial charge in [0.05, 0.1) is 18.8 Å². The van der Waals surface area contributed by atoms with Gasteiger partial charge in [-0.2, -0.15) is 0 Å². The molecule has 2 atom stereocenters. The first-order valence-corrected chi connectivity index (χ1v) is 7.51. The van der Waals surface area contributed by atoms with Crippen molar-refractivity contribution in [2.45, 2.75) is 32.9 Å². The van der Waals surface area contributed by atoms with E-state index in [1.54, 1.807) is 6.92 Å². The first-order chi connectivity index (χ1) is 10.6. The largest absolute Gasteiger partial charge is 0.441 e. The molecule has 1 amide bonds. The monoisotopic (exact) mass is 300 g/mol. The van der Waals surface area contributed by atoms with Crippen LogP contribution in [0.2, 0.25) is 0 Å². The minimum absolute atomic E-state index is 0.0416. The minimum Gasteiger partial charge on any atom is -0.441 e. The average Bonchev–Trinajstić information content (AvgIpc) is 2.92. The number of nitrogens with zero attached hydrogens (tertiary/aromatic N) is 2. The molecule has 22 heavy (non-hydrogen) atoms. The third-order valence-corrected chi connectivity index (χ3v) is 3.89. The molecule has 116 valence electrons. The summed E-state index contributed by atoms with van der Waals surface area (Å²) in [5.74, 6) is 0.941. The molecule has 1 saturated heterocycles. The van der Waals surface area contributed by atoms with Gasteiger partial charge in [-0.3, -0.25) is 4.79 Å². The SMILES string of the molecule is Cc1oc(-c2ccccc2)nc1C(=O)N1C[C@@H](C)OC[C@@H]1C. The molecule has 2 aromatic rings. The predicted octanol–water partition coefficient (Wildman–Crippen LogP) is 2.90. The first kappa shape index (κ1) is 14.8. The highest BCUT2D eigenvalue weighted by Gasteiger charge is 2.31. The molecule has 1 aliphatic rings. The minimum atomic E-state index is -0.0916. The summed E-state index contributed by atoms with van der Waals surface area (Å²) in [6.07, 6.45) is 0.0425. The quantitative estimate of drug-likeness (QED) is 0.855. The number of hydrogen-bond acceptors (Lipinski definition) is 4. The number of ether oxygens (including phenoxy) is 1. The second-order valence-corrected chi connectivity index (χ2v) is 5.74. The van der Waals surface area contributed by atoms with Crippen molar-refractivity contribution in [3.05, 3.63) is 41.8 Å². The Hall–Kier alpha value is -2.14. The van der Waals surface area contributed by atoms with E-state index in [4.69, 9.17) is 9.15 Å². The van der Waals surface area contributed by atoms with Crippen molar-refractivity contribution >= 4 is 5.91 Å². The molecule has 0 N–H and O–H groups in total. The Morgan fingerprint density at radius 3 is 2.73 bits per heavy atom. The molecule has 5 heteroatoms. The lowest BCUT2D eigenvalue weighted by Gasteiger charge is -2.36. The fourth-order valence-corrected chi connectivity index (χ4v) is 2.62. The van der Waals surface area contributed by atoms with Crippen molar-refractivity contribution < 1.29 is 13.9 Å². The van der Waals surface area contributed by atoms with Crippen LogP contribution in [0.5, 0.6) is 0 Å². The molecular weight excluding hydrogens is 280 g/mol. The molecule has 3 rings (SSSR count). The molecule has 2 heterocycles. The van der Waals surface area contributed by atoms with E-state index in [0.29, 0.717) is 30.5 Å². The molecule has 1 aliphatic heterocycles. The topological polar surface area (TPSA) is 55.6 Å². The molecule has 0 saturated carbocycles. The van der Waals surface area contributed by atoms with Crippen LogP contribution in [0.25, 0.3) is 11.5 Å². The molecule has 1 aromatic carbocycles. The van der Waals surface area contributed by atoms with Crippen LogP contribution >= 0.6 is 0 Å². The van der Waals surface area contributed by atoms with Gasteiger partial charge < -0.3 is 14.1 Å². The normalized spacial score (nSPS) is 21.9. The van der Waals surface area contributed by atoms with Crippen LogP contribution in [-0.4, -0.2) is 41.1 Å². The van der Waals surface area contributed by atoms with Gasteiger partial charge in [-0.25, -0.2) is 4.98 Å². The van der Waals surface area contributed by atoms with Gasteiger partial charge in [-0.15, -0.1) is 0 Å². The van der Waals surface area contributed by atoms with E-state index in [1.807, 2.05) is 49.1 Å². The van der Waals surface area contributed by atoms with Crippen molar-refractivity contribution in [2.75, 3.05) is 13.2 Å². The lowest BCUT2D eigenvalue weighted by Crippen LogP contribution is -2.50. The number of carbonyl (C=O) groups is 1. The fourth-order valence-electron chi connectivity index (χ4n) is 2.62. The van der Waals surface area contributed by atoms with E-state index >= 15 is 0 Å². The summed E-state index contributed by atoms with van der Waals surface area (Å²) in [7, 11) is 0. The molecule has 0 radical (unpaired) electrons. The van der Waals surface area contributed by atoms with E-state index in [-0.39, 0.29) is 18.1 Å². The Balaban J connectivity index is 1.88. The van der Waals surface area contributed by atoms with Crippen LogP contribution < -0.4 is 0 Å². The Kier molecular flexibility index (Phi) is 3.98. The van der Waals surface area contributed by atoms with Crippen molar-refractivity contribution in [1.29, 1.82) is 0 Å². The highest BCUT2D eigenvalue weighted by Crippen LogP contribution is 2.23. The lowest BCUT2D eigenvalue weighted by atomic mass is 10.2. The highest BCUT2D eigenvalue weighted by molar-refractivity contribution is 5.94. The van der Waals surface area contributed by atoms with Crippen LogP contribution in [0, 0.1) is 6.92 Å². The smallest absolute Gasteiger partial charge is 0.276 e. The first-order valence-electron chi connectivity index (χ1n) is 7.51. The maximum absolute atomic E-state index is 12.8. The van der Waals surface area contributed by atoms with Gasteiger partial charge >= 0.3 is 0 Å². The third kappa shape index (κ3) is 2.76. The van der Waals surface area contributed by atoms with Gasteiger partial charge in [0.2, 0.25) is 5.89 Å². The van der Waals surface area contributed by atoms with Crippen LogP contribution in [0.15, 0.2) is 34.7 Å². The van der Waals surface area contributed by atoms with E-state index in [0.717, 1.165) is 5.56 Å². The van der Waals surface area contributed by atoms with Gasteiger partial charge in [0, 0.05) is 12.1 Å². The van der Waals surface area contributed by atoms with Gasteiger partial charge in [-0.05, 0) is 32.9 Å². The molecule has 0 aliphatic carbocycles. The summed E-state index contributed by atoms with van der Waals surface area (Å²) < 4.78 is 11.3. The summed E-state index contributed by atoms with van der Waals surface area (Å²) in [5, 5.41) is 0. The number of oxazole rings is 1. The summed E-state index contributed by atoms with van der Waals surface area (Å²) in [5.41, 5.74) is 1.26. The average molecular weight is 300 g/mol. The Labute approximate surface area is 129 Å². The number of carbonyl (C=O) groups excluding carboxylic acids is 1. The summed E-state index contributed by atoms with van der Waals surface area (Å²) in [4.78, 5) is 19.0. The molecule has 1 fully saturated rings. The summed E-state index contributed by atoms with van der Waals surface area (Å²) in [6, 6.07) is 9.64. The molecule has 0 bridgehead atoms. The Morgan fingerprint density at radius 1 is 1.27 bits per heavy atom. The zero-order valence-corrected chi connectivity index (χ0v) is 13.1. The molecule has 1 aromatic heterocycles. The standard InChI is InChI=1S/C17H20N2O3/c1-11-10-21-12(2)9-19(11)17(20)15-13(3)22-16(18-15)14-7-5-4-6-8-14/h4-8,11-12H,9-10H2,1-3H3/t11-,12+/m0/s1. The van der Waals surface area contributed by atoms with Crippen LogP contribution in [0.4, 0.5) is 0 Å². The number of amides is 1. The van der Waals surface area contributed by atoms with Gasteiger partial charge in [0.15, 0.2) is 5.69 Å². The fraction of sp³-hybridized carbons (Fsp3) is 0.412. The number of morpholine rings is 1. The number of aromatic nitrogens is 1. The zero-order chi connectivity index (χ0) is 15.7. The van der Waals surface area contributed by atoms with E-state index in [9.17, 15) is 4.79 Å². The second kappa shape index (κ2) is 5.93. The maximum atomic E-state index is 12.8. The van der Waals surface area contributed by atoms with Crippen LogP contribution in [0.3, 0.4) is 0 Å². The lowest BCUT2D eigenvalue weighted by molar-refractivity contribution is -0.0389. The zero-order valence-electron chi connectivity index (χ0n) is 13.1. The van der Waals surface area contributed by atoms with E-state index in [2.05, 4.69) is 4.98 Å². The number of rotatable bonds is 2.